The summed E-state index contributed by atoms with van der Waals surface area (Å²) in [6.07, 6.45) is -1.28. The van der Waals surface area contributed by atoms with E-state index >= 15 is 0 Å². The highest BCUT2D eigenvalue weighted by atomic mass is 19.4. The van der Waals surface area contributed by atoms with E-state index in [-0.39, 0.29) is 6.54 Å². The third kappa shape index (κ3) is 4.83. The first kappa shape index (κ1) is 17.0. The molecular formula is C15H28F3N3. The summed E-state index contributed by atoms with van der Waals surface area (Å²) >= 11 is 0. The molecule has 0 radical (unpaired) electrons. The third-order valence-corrected chi connectivity index (χ3v) is 4.83. The highest BCUT2D eigenvalue weighted by molar-refractivity contribution is 4.86. The average molecular weight is 307 g/mol. The van der Waals surface area contributed by atoms with Crippen molar-refractivity contribution in [2.75, 3.05) is 39.3 Å². The molecule has 1 N–H and O–H groups in total. The van der Waals surface area contributed by atoms with Crippen molar-refractivity contribution in [3.8, 4) is 0 Å². The van der Waals surface area contributed by atoms with Gasteiger partial charge in [-0.3, -0.25) is 4.90 Å². The minimum Gasteiger partial charge on any atom is -0.315 e. The first-order valence-corrected chi connectivity index (χ1v) is 8.13. The van der Waals surface area contributed by atoms with E-state index in [1.165, 1.54) is 0 Å². The summed E-state index contributed by atoms with van der Waals surface area (Å²) in [5.41, 5.74) is 0. The largest absolute Gasteiger partial charge is 0.405 e. The van der Waals surface area contributed by atoms with Gasteiger partial charge in [-0.2, -0.15) is 13.2 Å². The van der Waals surface area contributed by atoms with Crippen molar-refractivity contribution >= 4 is 0 Å². The minimum absolute atomic E-state index is 0.0361. The summed E-state index contributed by atoms with van der Waals surface area (Å²) in [5.74, 6) is 0.406. The maximum absolute atomic E-state index is 13.2. The van der Waals surface area contributed by atoms with E-state index in [1.54, 1.807) is 4.90 Å². The lowest BCUT2D eigenvalue weighted by atomic mass is 9.94. The molecule has 0 saturated carbocycles. The maximum atomic E-state index is 13.2. The van der Waals surface area contributed by atoms with Gasteiger partial charge in [0.15, 0.2) is 0 Å². The summed E-state index contributed by atoms with van der Waals surface area (Å²) in [5, 5.41) is 2.92. The molecule has 2 aliphatic rings. The van der Waals surface area contributed by atoms with Gasteiger partial charge in [-0.1, -0.05) is 0 Å². The smallest absolute Gasteiger partial charge is 0.315 e. The van der Waals surface area contributed by atoms with Crippen LogP contribution in [0.1, 0.15) is 33.1 Å². The molecule has 21 heavy (non-hydrogen) atoms. The number of hydrogen-bond acceptors (Lipinski definition) is 3. The van der Waals surface area contributed by atoms with Crippen LogP contribution in [0.25, 0.3) is 0 Å². The van der Waals surface area contributed by atoms with Gasteiger partial charge in [-0.15, -0.1) is 0 Å². The van der Waals surface area contributed by atoms with Crippen LogP contribution >= 0.6 is 0 Å². The predicted octanol–water partition coefficient (Wildman–Crippen LogP) is 2.33. The summed E-state index contributed by atoms with van der Waals surface area (Å²) < 4.78 is 39.6. The first-order valence-electron chi connectivity index (χ1n) is 8.13. The van der Waals surface area contributed by atoms with Crippen LogP contribution in [0.5, 0.6) is 0 Å². The molecule has 124 valence electrons. The first-order chi connectivity index (χ1) is 9.88. The Morgan fingerprint density at radius 1 is 1.14 bits per heavy atom. The molecule has 2 aliphatic heterocycles. The van der Waals surface area contributed by atoms with E-state index in [4.69, 9.17) is 0 Å². The summed E-state index contributed by atoms with van der Waals surface area (Å²) in [6.45, 7) is 8.28. The number of rotatable bonds is 3. The fraction of sp³-hybridized carbons (Fsp3) is 1.00. The van der Waals surface area contributed by atoms with Crippen LogP contribution in [0, 0.1) is 5.92 Å². The van der Waals surface area contributed by atoms with Gasteiger partial charge in [0, 0.05) is 25.7 Å². The van der Waals surface area contributed by atoms with Crippen molar-refractivity contribution in [1.29, 1.82) is 0 Å². The van der Waals surface area contributed by atoms with Gasteiger partial charge in [0.2, 0.25) is 0 Å². The number of hydrogen-bond donors (Lipinski definition) is 1. The van der Waals surface area contributed by atoms with Crippen LogP contribution in [-0.2, 0) is 0 Å². The molecule has 3 nitrogen and oxygen atoms in total. The van der Waals surface area contributed by atoms with Crippen LogP contribution in [0.2, 0.25) is 0 Å². The Hall–Kier alpha value is -0.330. The molecule has 6 heteroatoms. The van der Waals surface area contributed by atoms with Crippen LogP contribution in [0.4, 0.5) is 13.2 Å². The zero-order chi connectivity index (χ0) is 15.5. The number of nitrogens with one attached hydrogen (secondary N) is 1. The van der Waals surface area contributed by atoms with Crippen molar-refractivity contribution in [2.45, 2.75) is 51.4 Å². The molecule has 0 aromatic carbocycles. The van der Waals surface area contributed by atoms with Gasteiger partial charge in [-0.05, 0) is 58.7 Å². The molecule has 1 unspecified atom stereocenters. The van der Waals surface area contributed by atoms with Gasteiger partial charge < -0.3 is 10.2 Å². The molecule has 0 amide bonds. The lowest BCUT2D eigenvalue weighted by Gasteiger charge is -2.38. The van der Waals surface area contributed by atoms with Crippen LogP contribution in [-0.4, -0.2) is 67.3 Å². The monoisotopic (exact) mass is 307 g/mol. The van der Waals surface area contributed by atoms with Crippen LogP contribution in [0.3, 0.4) is 0 Å². The highest BCUT2D eigenvalue weighted by Crippen LogP contribution is 2.28. The van der Waals surface area contributed by atoms with E-state index in [0.717, 1.165) is 32.4 Å². The Morgan fingerprint density at radius 2 is 1.81 bits per heavy atom. The lowest BCUT2D eigenvalue weighted by Crippen LogP contribution is -2.52. The van der Waals surface area contributed by atoms with E-state index in [1.807, 2.05) is 0 Å². The average Bonchev–Trinajstić information content (AvgIpc) is 2.64. The Kier molecular flexibility index (Phi) is 5.91. The third-order valence-electron chi connectivity index (χ3n) is 4.83. The minimum atomic E-state index is -4.13. The van der Waals surface area contributed by atoms with E-state index < -0.39 is 12.2 Å². The maximum Gasteiger partial charge on any atom is 0.405 e. The molecule has 0 aromatic rings. The number of alkyl halides is 3. The Balaban J connectivity index is 1.90. The zero-order valence-electron chi connectivity index (χ0n) is 13.1. The quantitative estimate of drug-likeness (QED) is 0.863. The van der Waals surface area contributed by atoms with Gasteiger partial charge in [0.25, 0.3) is 0 Å². The summed E-state index contributed by atoms with van der Waals surface area (Å²) in [4.78, 5) is 4.09. The number of piperidine rings is 1. The van der Waals surface area contributed by atoms with Gasteiger partial charge in [-0.25, -0.2) is 0 Å². The number of halogens is 3. The molecular weight excluding hydrogens is 279 g/mol. The molecule has 2 saturated heterocycles. The fourth-order valence-electron chi connectivity index (χ4n) is 3.46. The van der Waals surface area contributed by atoms with E-state index in [2.05, 4.69) is 24.1 Å². The highest BCUT2D eigenvalue weighted by Gasteiger charge is 2.44. The molecule has 2 rings (SSSR count). The molecule has 0 aromatic heterocycles. The lowest BCUT2D eigenvalue weighted by molar-refractivity contribution is -0.182. The second-order valence-electron chi connectivity index (χ2n) is 6.68. The van der Waals surface area contributed by atoms with Crippen molar-refractivity contribution in [3.63, 3.8) is 0 Å². The fourth-order valence-corrected chi connectivity index (χ4v) is 3.46. The number of likely N-dealkylation sites (tertiary alicyclic amines) is 1. The molecule has 0 aliphatic carbocycles. The Labute approximate surface area is 125 Å². The molecule has 2 heterocycles. The molecule has 2 fully saturated rings. The summed E-state index contributed by atoms with van der Waals surface area (Å²) in [7, 11) is 0. The van der Waals surface area contributed by atoms with Gasteiger partial charge in [0.05, 0.1) is 0 Å². The van der Waals surface area contributed by atoms with Gasteiger partial charge in [0.1, 0.15) is 6.04 Å². The van der Waals surface area contributed by atoms with E-state index in [9.17, 15) is 13.2 Å². The zero-order valence-corrected chi connectivity index (χ0v) is 13.1. The second-order valence-corrected chi connectivity index (χ2v) is 6.68. The molecule has 0 bridgehead atoms. The van der Waals surface area contributed by atoms with Crippen molar-refractivity contribution in [3.05, 3.63) is 0 Å². The topological polar surface area (TPSA) is 18.5 Å². The second kappa shape index (κ2) is 7.29. The standard InChI is InChI=1S/C15H28F3N3/c1-12(2)20-8-4-13(5-9-20)11-21-7-3-6-19-10-14(21)15(16,17)18/h12-14,19H,3-11H2,1-2H3. The van der Waals surface area contributed by atoms with Crippen molar-refractivity contribution in [1.82, 2.24) is 15.1 Å². The molecule has 1 atom stereocenters. The van der Waals surface area contributed by atoms with Gasteiger partial charge >= 0.3 is 6.18 Å². The Morgan fingerprint density at radius 3 is 2.38 bits per heavy atom. The SMILES string of the molecule is CC(C)N1CCC(CN2CCCNCC2C(F)(F)F)CC1. The predicted molar refractivity (Wildman–Crippen MR) is 78.3 cm³/mol. The molecule has 0 spiro atoms. The van der Waals surface area contributed by atoms with Crippen LogP contribution < -0.4 is 5.32 Å². The van der Waals surface area contributed by atoms with Crippen molar-refractivity contribution < 1.29 is 13.2 Å². The van der Waals surface area contributed by atoms with E-state index in [0.29, 0.717) is 31.6 Å². The Bertz CT molecular complexity index is 312. The van der Waals surface area contributed by atoms with Crippen LogP contribution in [0.15, 0.2) is 0 Å². The normalized spacial score (nSPS) is 28.0. The summed E-state index contributed by atoms with van der Waals surface area (Å²) in [6, 6.07) is -0.778. The number of nitrogens with zero attached hydrogens (tertiary/aromatic N) is 2. The van der Waals surface area contributed by atoms with Crippen molar-refractivity contribution in [2.24, 2.45) is 5.92 Å².